The summed E-state index contributed by atoms with van der Waals surface area (Å²) >= 11 is 0. The molecule has 15 rings (SSSR count). The van der Waals surface area contributed by atoms with Crippen molar-refractivity contribution in [3.63, 3.8) is 0 Å². The van der Waals surface area contributed by atoms with Crippen molar-refractivity contribution in [2.24, 2.45) is 58.3 Å². The molecule has 800 valence electrons. The largest absolute Gasteiger partial charge is 0.480 e. The Labute approximate surface area is 839 Å². The lowest BCUT2D eigenvalue weighted by atomic mass is 9.78. The van der Waals surface area contributed by atoms with Crippen LogP contribution in [0.2, 0.25) is 31.6 Å². The second kappa shape index (κ2) is 48.7. The summed E-state index contributed by atoms with van der Waals surface area (Å²) in [5.41, 5.74) is 20.4. The van der Waals surface area contributed by atoms with Crippen LogP contribution in [0.3, 0.4) is 0 Å². The number of nitrogens with zero attached hydrogens (tertiary/aromatic N) is 10. The van der Waals surface area contributed by atoms with Gasteiger partial charge in [0.05, 0.1) is 0 Å². The number of carboxylic acids is 5. The molecule has 0 amide bonds. The molecule has 49 nitrogen and oxygen atoms in total. The SMILES string of the molecule is CC(C)N(c1c(N2C[C@H](CCCB(O)O)[C@](N)(C(=O)O)C2)c(=O)c1=O)C1CCNCC1.CN(c1c(N2C[C@H](CCCB(O)O)[C@](N)(C(=O)O)C2)c(=O)c1=O)C1CCCC1.CN(c1c(N2C[C@H](CCCB(O)O)[C@](N)(C(=O)O)C2)c(=O)c1=O)C1CCNCC1.CN1CCC(Nc2c(N3C[C@H](CCCB(O)O)[C@](N)(C(=O)O)C3)c(=O)c2=O)C1.CN1CCC(Nc2c(N3C[C@H](CCCB(O)O)[C@](N)(C(=O)O)C3)c(=O)c2=O)CC1. The molecule has 9 saturated heterocycles. The molecule has 145 heavy (non-hydrogen) atoms. The van der Waals surface area contributed by atoms with E-state index in [1.54, 1.807) is 31.5 Å². The lowest BCUT2D eigenvalue weighted by Crippen LogP contribution is -2.56. The maximum Gasteiger partial charge on any atom is 0.451 e. The van der Waals surface area contributed by atoms with Crippen LogP contribution in [-0.4, -0.2) is 361 Å². The minimum Gasteiger partial charge on any atom is -0.480 e. The van der Waals surface area contributed by atoms with Gasteiger partial charge in [0.2, 0.25) is 0 Å². The van der Waals surface area contributed by atoms with Crippen molar-refractivity contribution in [2.75, 3.05) is 196 Å². The van der Waals surface area contributed by atoms with Crippen molar-refractivity contribution in [1.29, 1.82) is 0 Å². The van der Waals surface area contributed by atoms with Gasteiger partial charge < -0.3 is 175 Å². The lowest BCUT2D eigenvalue weighted by Gasteiger charge is -2.41. The van der Waals surface area contributed by atoms with Crippen LogP contribution in [0.25, 0.3) is 0 Å². The minimum absolute atomic E-state index is 0.0108. The molecule has 0 bridgehead atoms. The monoisotopic (exact) mass is 2040 g/mol. The number of likely N-dealkylation sites (N-methyl/N-ethyl adjacent to an activating group) is 1. The number of likely N-dealkylation sites (tertiary alicyclic amines) is 2. The first-order valence-corrected chi connectivity index (χ1v) is 50.6. The topological polar surface area (TPSA) is 770 Å². The molecule has 5 aromatic carbocycles. The second-order valence-corrected chi connectivity index (χ2v) is 42.2. The van der Waals surface area contributed by atoms with Crippen LogP contribution in [0.15, 0.2) is 47.9 Å². The predicted molar refractivity (Wildman–Crippen MR) is 551 cm³/mol. The van der Waals surface area contributed by atoms with Gasteiger partial charge in [0.15, 0.2) is 0 Å². The Morgan fingerprint density at radius 1 is 0.345 bits per heavy atom. The molecular weight excluding hydrogens is 1890 g/mol. The number of hydrogen-bond acceptors (Lipinski definition) is 44. The van der Waals surface area contributed by atoms with Crippen LogP contribution in [0.5, 0.6) is 0 Å². The van der Waals surface area contributed by atoms with Crippen molar-refractivity contribution in [3.05, 3.63) is 102 Å². The normalized spacial score (nSPS) is 26.0. The zero-order valence-electron chi connectivity index (χ0n) is 83.5. The first-order valence-electron chi connectivity index (χ1n) is 50.6. The fourth-order valence-corrected chi connectivity index (χ4v) is 23.2. The molecule has 1 aliphatic carbocycles. The summed E-state index contributed by atoms with van der Waals surface area (Å²) in [5, 5.41) is 152. The van der Waals surface area contributed by atoms with Gasteiger partial charge in [0.25, 0.3) is 54.3 Å². The van der Waals surface area contributed by atoms with Crippen LogP contribution in [0.1, 0.15) is 149 Å². The van der Waals surface area contributed by atoms with E-state index < -0.39 is 177 Å². The van der Waals surface area contributed by atoms with E-state index in [1.807, 2.05) is 49.7 Å². The van der Waals surface area contributed by atoms with Crippen LogP contribution in [0, 0.1) is 29.6 Å². The standard InChI is InChI=1S/C20H33BN4O6.2C18H29BN4O6.C18H28BN3O6.C17H27BN4O6/c1-12(2)25(14-5-8-23-9-6-14)16-15(17(26)18(16)27)24-10-13(4-3-7-21(30)31)20(22,11-24)19(28)29;1-22-7-4-12(5-8-22)21-13-14(16(25)15(13)24)23-9-11(3-2-6-19(28)29)18(20,10-23)17(26)27;1-22(12-4-7-21-8-5-12)13-14(16(25)15(13)24)23-9-11(3-2-6-19(28)29)18(20,10-23)17(26)27;1-21(12-6-2-3-7-12)13-14(16(24)15(13)23)22-9-11(5-4-8-19(27)28)18(20,10-22)17(25)26;1-21-6-4-11(8-21)20-12-13(15(24)14(12)23)22-7-10(3-2-5-18(27)28)17(19,9-22)16(25)26/h12-14,23,30-31H,3-11,22H2,1-2H3,(H,28,29);2*11-12,21,28-29H,2-10,20H2,1H3,(H,26,27);11-12,27-28H,2-10,20H2,1H3,(H,25,26);10-11,20,27-28H,2-9,19H2,1H3,(H,25,26)/t13-,20-;3*11-,18-;10-,11?,17-/m00000/s1. The Hall–Kier alpha value is -9.69. The van der Waals surface area contributed by atoms with Crippen LogP contribution < -0.4 is 143 Å². The summed E-state index contributed by atoms with van der Waals surface area (Å²) in [6, 6.07) is 0.670. The van der Waals surface area contributed by atoms with Crippen molar-refractivity contribution < 1.29 is 99.7 Å². The molecule has 0 aromatic heterocycles. The Bertz CT molecular complexity index is 5690. The quantitative estimate of drug-likeness (QED) is 0.0128. The minimum atomic E-state index is -1.57. The molecule has 9 heterocycles. The van der Waals surface area contributed by atoms with Gasteiger partial charge in [-0.2, -0.15) is 0 Å². The highest BCUT2D eigenvalue weighted by Gasteiger charge is 2.58. The highest BCUT2D eigenvalue weighted by Crippen LogP contribution is 2.44. The van der Waals surface area contributed by atoms with Crippen LogP contribution in [0.4, 0.5) is 56.9 Å². The molecule has 1 unspecified atom stereocenters. The first-order chi connectivity index (χ1) is 68.2. The van der Waals surface area contributed by atoms with Crippen LogP contribution in [-0.2, 0) is 24.0 Å². The summed E-state index contributed by atoms with van der Waals surface area (Å²) in [5.74, 6) is -8.18. The average molecular weight is 2040 g/mol. The predicted octanol–water partition coefficient (Wildman–Crippen LogP) is -8.07. The van der Waals surface area contributed by atoms with Crippen molar-refractivity contribution in [1.82, 2.24) is 20.4 Å². The molecule has 11 atom stereocenters. The van der Waals surface area contributed by atoms with E-state index in [-0.39, 0.29) is 173 Å². The summed E-state index contributed by atoms with van der Waals surface area (Å²) in [4.78, 5) is 201. The zero-order chi connectivity index (χ0) is 107. The van der Waals surface area contributed by atoms with Gasteiger partial charge in [-0.05, 0) is 195 Å². The Balaban J connectivity index is 0.000000173. The van der Waals surface area contributed by atoms with Gasteiger partial charge in [-0.1, -0.05) is 44.9 Å². The summed E-state index contributed by atoms with van der Waals surface area (Å²) in [7, 11) is 0.363. The third kappa shape index (κ3) is 25.6. The lowest BCUT2D eigenvalue weighted by molar-refractivity contribution is -0.145. The molecule has 1 saturated carbocycles. The number of carboxylic acid groups (broad SMARTS) is 5. The van der Waals surface area contributed by atoms with E-state index in [2.05, 4.69) is 31.1 Å². The van der Waals surface area contributed by atoms with E-state index in [9.17, 15) is 97.5 Å². The summed E-state index contributed by atoms with van der Waals surface area (Å²) < 4.78 is 0. The van der Waals surface area contributed by atoms with Crippen molar-refractivity contribution in [3.8, 4) is 0 Å². The van der Waals surface area contributed by atoms with Gasteiger partial charge in [0, 0.05) is 152 Å². The summed E-state index contributed by atoms with van der Waals surface area (Å²) in [6.45, 7) is 11.7. The molecule has 0 spiro atoms. The maximum atomic E-state index is 12.6. The molecule has 0 radical (unpaired) electrons. The number of nitrogens with one attached hydrogen (secondary N) is 4. The van der Waals surface area contributed by atoms with Crippen LogP contribution >= 0.6 is 0 Å². The second-order valence-electron chi connectivity index (χ2n) is 42.2. The fourth-order valence-electron chi connectivity index (χ4n) is 23.2. The molecular formula is C91H146B5N19O30. The molecule has 10 aliphatic rings. The number of carbonyl (C=O) groups is 5. The number of nitrogens with two attached hydrogens (primary N) is 5. The third-order valence-corrected chi connectivity index (χ3v) is 31.9. The van der Waals surface area contributed by atoms with Gasteiger partial charge in [0.1, 0.15) is 84.6 Å². The smallest absolute Gasteiger partial charge is 0.451 e. The van der Waals surface area contributed by atoms with E-state index in [4.69, 9.17) is 78.9 Å². The Morgan fingerprint density at radius 2 is 0.593 bits per heavy atom. The van der Waals surface area contributed by atoms with E-state index >= 15 is 0 Å². The number of hydrogen-bond donors (Lipinski definition) is 24. The molecule has 9 aliphatic heterocycles. The number of anilines is 10. The number of rotatable bonds is 41. The van der Waals surface area contributed by atoms with Gasteiger partial charge in [-0.15, -0.1) is 0 Å². The highest BCUT2D eigenvalue weighted by molar-refractivity contribution is 6.42. The van der Waals surface area contributed by atoms with Gasteiger partial charge >= 0.3 is 65.4 Å². The van der Waals surface area contributed by atoms with Gasteiger partial charge in [-0.3, -0.25) is 71.9 Å². The molecule has 54 heteroatoms. The molecule has 5 aromatic rings. The number of piperidine rings is 3. The van der Waals surface area contributed by atoms with Gasteiger partial charge in [-0.25, -0.2) is 0 Å². The van der Waals surface area contributed by atoms with E-state index in [0.717, 1.165) is 123 Å². The Morgan fingerprint density at radius 3 is 0.869 bits per heavy atom. The number of aliphatic carboxylic acids is 5. The van der Waals surface area contributed by atoms with E-state index in [1.165, 1.54) is 0 Å². The van der Waals surface area contributed by atoms with E-state index in [0.29, 0.717) is 81.3 Å². The fraction of sp³-hybridized carbons (Fsp3) is 0.725. The zero-order valence-corrected chi connectivity index (χ0v) is 83.5. The molecule has 29 N–H and O–H groups in total. The molecule has 10 fully saturated rings. The van der Waals surface area contributed by atoms with Crippen molar-refractivity contribution >= 4 is 122 Å². The third-order valence-electron chi connectivity index (χ3n) is 31.9. The maximum absolute atomic E-state index is 12.6. The summed E-state index contributed by atoms with van der Waals surface area (Å²) in [6.07, 6.45) is 14.6. The highest BCUT2D eigenvalue weighted by atomic mass is 16.4. The van der Waals surface area contributed by atoms with Crippen molar-refractivity contribution in [2.45, 2.75) is 244 Å². The Kier molecular flexibility index (Phi) is 38.9. The average Bonchev–Trinajstić information content (AvgIpc) is 1.64. The first kappa shape index (κ1) is 116.